The zero-order valence-electron chi connectivity index (χ0n) is 27.0. The number of amides is 1. The highest BCUT2D eigenvalue weighted by Gasteiger charge is 2.13. The maximum Gasteiger partial charge on any atom is 0.255 e. The summed E-state index contributed by atoms with van der Waals surface area (Å²) < 4.78 is 10.5. The van der Waals surface area contributed by atoms with Crippen LogP contribution in [-0.4, -0.2) is 44.2 Å². The first kappa shape index (κ1) is 34.6. The summed E-state index contributed by atoms with van der Waals surface area (Å²) in [6.45, 7) is 23.6. The van der Waals surface area contributed by atoms with Crippen LogP contribution in [0.1, 0.15) is 81.5 Å². The third-order valence-corrected chi connectivity index (χ3v) is 7.64. The van der Waals surface area contributed by atoms with Gasteiger partial charge in [0.1, 0.15) is 5.75 Å². The van der Waals surface area contributed by atoms with E-state index in [9.17, 15) is 4.79 Å². The normalized spacial score (nSPS) is 13.8. The first-order chi connectivity index (χ1) is 20.1. The molecular weight excluding hydrogens is 520 g/mol. The van der Waals surface area contributed by atoms with Crippen molar-refractivity contribution in [3.63, 3.8) is 0 Å². The summed E-state index contributed by atoms with van der Waals surface area (Å²) in [4.78, 5) is 15.0. The number of carbonyl (C=O) groups is 1. The second kappa shape index (κ2) is 18.1. The molecule has 42 heavy (non-hydrogen) atoms. The van der Waals surface area contributed by atoms with Gasteiger partial charge >= 0.3 is 0 Å². The van der Waals surface area contributed by atoms with Gasteiger partial charge in [0.25, 0.3) is 5.91 Å². The summed E-state index contributed by atoms with van der Waals surface area (Å²) >= 11 is 0. The van der Waals surface area contributed by atoms with Crippen molar-refractivity contribution >= 4 is 17.2 Å². The third-order valence-electron chi connectivity index (χ3n) is 7.64. The van der Waals surface area contributed by atoms with Crippen LogP contribution in [0, 0.1) is 13.8 Å². The van der Waals surface area contributed by atoms with Gasteiger partial charge in [-0.15, -0.1) is 0 Å². The first-order valence-corrected chi connectivity index (χ1v) is 15.2. The Bertz CT molecular complexity index is 1230. The first-order valence-electron chi connectivity index (χ1n) is 15.2. The molecule has 1 aliphatic heterocycles. The molecule has 5 nitrogen and oxygen atoms in total. The van der Waals surface area contributed by atoms with Gasteiger partial charge in [0, 0.05) is 30.0 Å². The molecule has 3 rings (SSSR count). The maximum atomic E-state index is 12.7. The number of nitrogens with one attached hydrogen (secondary N) is 1. The van der Waals surface area contributed by atoms with Crippen molar-refractivity contribution in [2.45, 2.75) is 73.1 Å². The van der Waals surface area contributed by atoms with E-state index >= 15 is 0 Å². The minimum Gasteiger partial charge on any atom is -0.497 e. The van der Waals surface area contributed by atoms with Crippen molar-refractivity contribution in [1.29, 1.82) is 0 Å². The fraction of sp³-hybridized carbons (Fsp3) is 0.432. The molecule has 2 aromatic rings. The molecule has 0 radical (unpaired) electrons. The van der Waals surface area contributed by atoms with Crippen LogP contribution < -0.4 is 10.1 Å². The van der Waals surface area contributed by atoms with E-state index in [4.69, 9.17) is 9.47 Å². The van der Waals surface area contributed by atoms with E-state index in [1.54, 1.807) is 13.2 Å². The molecule has 5 heteroatoms. The molecule has 0 bridgehead atoms. The van der Waals surface area contributed by atoms with Crippen molar-refractivity contribution < 1.29 is 14.3 Å². The Kier molecular flexibility index (Phi) is 14.9. The van der Waals surface area contributed by atoms with Gasteiger partial charge in [0.2, 0.25) is 0 Å². The number of rotatable bonds is 12. The minimum atomic E-state index is -0.171. The average molecular weight is 573 g/mol. The Morgan fingerprint density at radius 3 is 2.17 bits per heavy atom. The molecule has 1 amide bonds. The van der Waals surface area contributed by atoms with Crippen LogP contribution in [0.2, 0.25) is 0 Å². The number of hydrogen-bond acceptors (Lipinski definition) is 4. The molecule has 0 aliphatic carbocycles. The summed E-state index contributed by atoms with van der Waals surface area (Å²) in [5.41, 5.74) is 8.11. The highest BCUT2D eigenvalue weighted by Crippen LogP contribution is 2.28. The lowest BCUT2D eigenvalue weighted by Gasteiger charge is -2.29. The van der Waals surface area contributed by atoms with Gasteiger partial charge in [0.05, 0.1) is 20.3 Å². The molecule has 1 saturated heterocycles. The summed E-state index contributed by atoms with van der Waals surface area (Å²) in [6, 6.07) is 12.6. The number of nitrogens with zero attached hydrogens (tertiary/aromatic N) is 1. The SMILES string of the molecule is C=C/C(=C\C=C(/C)N1CCOCC1)C(=O)Nc1cc(C(=C)C)c(C)cc1C.CCCC(CCC)c1ccc(OC)cc1. The highest BCUT2D eigenvalue weighted by atomic mass is 16.5. The van der Waals surface area contributed by atoms with Gasteiger partial charge in [-0.2, -0.15) is 0 Å². The number of benzene rings is 2. The maximum absolute atomic E-state index is 12.7. The van der Waals surface area contributed by atoms with E-state index in [0.29, 0.717) is 5.57 Å². The topological polar surface area (TPSA) is 50.8 Å². The fourth-order valence-electron chi connectivity index (χ4n) is 5.16. The number of methoxy groups -OCH3 is 1. The van der Waals surface area contributed by atoms with Gasteiger partial charge in [-0.25, -0.2) is 0 Å². The Balaban J connectivity index is 0.000000347. The molecule has 1 aliphatic rings. The average Bonchev–Trinajstić information content (AvgIpc) is 2.99. The monoisotopic (exact) mass is 572 g/mol. The van der Waals surface area contributed by atoms with Crippen LogP contribution in [0.4, 0.5) is 5.69 Å². The van der Waals surface area contributed by atoms with Gasteiger partial charge in [-0.1, -0.05) is 69.7 Å². The minimum absolute atomic E-state index is 0.171. The predicted octanol–water partition coefficient (Wildman–Crippen LogP) is 9.00. The lowest BCUT2D eigenvalue weighted by Crippen LogP contribution is -2.34. The van der Waals surface area contributed by atoms with Crippen molar-refractivity contribution in [2.24, 2.45) is 0 Å². The Morgan fingerprint density at radius 2 is 1.64 bits per heavy atom. The molecule has 0 atom stereocenters. The lowest BCUT2D eigenvalue weighted by atomic mass is 9.90. The molecule has 0 unspecified atom stereocenters. The second-order valence-corrected chi connectivity index (χ2v) is 11.0. The molecule has 0 aromatic heterocycles. The van der Waals surface area contributed by atoms with Gasteiger partial charge in [0.15, 0.2) is 0 Å². The van der Waals surface area contributed by atoms with Crippen molar-refractivity contribution in [3.05, 3.63) is 101 Å². The van der Waals surface area contributed by atoms with Crippen molar-refractivity contribution in [1.82, 2.24) is 4.90 Å². The Hall–Kier alpha value is -3.57. The highest BCUT2D eigenvalue weighted by molar-refractivity contribution is 6.06. The van der Waals surface area contributed by atoms with Crippen LogP contribution in [0.15, 0.2) is 79.1 Å². The molecule has 228 valence electrons. The largest absolute Gasteiger partial charge is 0.497 e. The van der Waals surface area contributed by atoms with Crippen LogP contribution in [0.25, 0.3) is 5.57 Å². The van der Waals surface area contributed by atoms with E-state index in [-0.39, 0.29) is 5.91 Å². The van der Waals surface area contributed by atoms with Gasteiger partial charge < -0.3 is 19.7 Å². The molecule has 0 spiro atoms. The quantitative estimate of drug-likeness (QED) is 0.204. The molecule has 1 fully saturated rings. The zero-order valence-corrected chi connectivity index (χ0v) is 27.0. The van der Waals surface area contributed by atoms with E-state index in [1.807, 2.05) is 39.0 Å². The van der Waals surface area contributed by atoms with Crippen LogP contribution in [-0.2, 0) is 9.53 Å². The number of aryl methyl sites for hydroxylation is 2. The fourth-order valence-corrected chi connectivity index (χ4v) is 5.16. The number of hydrogen-bond donors (Lipinski definition) is 1. The Labute approximate surface area is 255 Å². The summed E-state index contributed by atoms with van der Waals surface area (Å²) in [5.74, 6) is 1.51. The molecule has 2 aromatic carbocycles. The van der Waals surface area contributed by atoms with Crippen LogP contribution in [0.5, 0.6) is 5.75 Å². The van der Waals surface area contributed by atoms with E-state index in [0.717, 1.165) is 71.6 Å². The Morgan fingerprint density at radius 1 is 1.02 bits per heavy atom. The number of allylic oxidation sites excluding steroid dienone is 4. The van der Waals surface area contributed by atoms with E-state index < -0.39 is 0 Å². The molecular formula is C37H52N2O3. The standard InChI is InChI=1S/C23H30N2O2.C14H22O/c1-7-20(9-8-19(6)25-10-12-27-13-11-25)23(26)24-22-15-21(16(2)3)17(4)14-18(22)5;1-4-6-12(7-5-2)13-8-10-14(15-3)11-9-13/h7-9,14-15H,1-2,10-13H2,3-6H3,(H,24,26);8-12H,4-7H2,1-3H3/b19-8+,20-9+;. The number of anilines is 1. The smallest absolute Gasteiger partial charge is 0.255 e. The molecule has 1 N–H and O–H groups in total. The summed E-state index contributed by atoms with van der Waals surface area (Å²) in [6.07, 6.45) is 10.5. The third kappa shape index (κ3) is 10.7. The zero-order chi connectivity index (χ0) is 31.1. The van der Waals surface area contributed by atoms with Crippen LogP contribution in [0.3, 0.4) is 0 Å². The number of ether oxygens (including phenoxy) is 2. The van der Waals surface area contributed by atoms with E-state index in [1.165, 1.54) is 31.2 Å². The molecule has 0 saturated carbocycles. The lowest BCUT2D eigenvalue weighted by molar-refractivity contribution is -0.112. The summed E-state index contributed by atoms with van der Waals surface area (Å²) in [5, 5.41) is 3.00. The number of morpholine rings is 1. The predicted molar refractivity (Wildman–Crippen MR) is 179 cm³/mol. The van der Waals surface area contributed by atoms with E-state index in [2.05, 4.69) is 74.5 Å². The van der Waals surface area contributed by atoms with Gasteiger partial charge in [-0.05, 0) is 99.1 Å². The van der Waals surface area contributed by atoms with Crippen molar-refractivity contribution in [3.8, 4) is 5.75 Å². The summed E-state index contributed by atoms with van der Waals surface area (Å²) in [7, 11) is 1.71. The number of carbonyl (C=O) groups excluding carboxylic acids is 1. The van der Waals surface area contributed by atoms with Crippen LogP contribution >= 0.6 is 0 Å². The van der Waals surface area contributed by atoms with Gasteiger partial charge in [-0.3, -0.25) is 4.79 Å². The second-order valence-electron chi connectivity index (χ2n) is 11.0. The van der Waals surface area contributed by atoms with Crippen molar-refractivity contribution in [2.75, 3.05) is 38.7 Å². The molecule has 1 heterocycles.